The van der Waals surface area contributed by atoms with Gasteiger partial charge in [-0.05, 0) is 54.6 Å². The first kappa shape index (κ1) is 20.5. The van der Waals surface area contributed by atoms with Gasteiger partial charge in [0, 0.05) is 7.05 Å². The van der Waals surface area contributed by atoms with Crippen LogP contribution in [0.5, 0.6) is 11.5 Å². The van der Waals surface area contributed by atoms with Crippen molar-refractivity contribution in [2.24, 2.45) is 4.99 Å². The van der Waals surface area contributed by atoms with Crippen molar-refractivity contribution >= 4 is 40.6 Å². The number of hydrogen-bond acceptors (Lipinski definition) is 6. The first-order valence-electron chi connectivity index (χ1n) is 8.84. The fraction of sp³-hybridized carbons (Fsp3) is 0.190. The van der Waals surface area contributed by atoms with E-state index in [1.807, 2.05) is 13.0 Å². The molecule has 0 unspecified atom stereocenters. The van der Waals surface area contributed by atoms with Gasteiger partial charge in [0.25, 0.3) is 5.91 Å². The van der Waals surface area contributed by atoms with E-state index in [-0.39, 0.29) is 11.5 Å². The maximum absolute atomic E-state index is 12.6. The molecule has 0 saturated carbocycles. The van der Waals surface area contributed by atoms with Crippen LogP contribution >= 0.6 is 11.8 Å². The minimum absolute atomic E-state index is 0.0788. The van der Waals surface area contributed by atoms with Gasteiger partial charge in [-0.1, -0.05) is 18.2 Å². The molecule has 0 radical (unpaired) electrons. The zero-order chi connectivity index (χ0) is 21.0. The predicted octanol–water partition coefficient (Wildman–Crippen LogP) is 4.03. The predicted molar refractivity (Wildman–Crippen MR) is 113 cm³/mol. The van der Waals surface area contributed by atoms with Crippen molar-refractivity contribution in [1.82, 2.24) is 4.90 Å². The Morgan fingerprint density at radius 2 is 2.00 bits per heavy atom. The highest BCUT2D eigenvalue weighted by molar-refractivity contribution is 8.18. The number of thioether (sulfide) groups is 1. The summed E-state index contributed by atoms with van der Waals surface area (Å²) in [7, 11) is 3.17. The number of rotatable bonds is 6. The molecule has 1 fully saturated rings. The maximum Gasteiger partial charge on any atom is 0.337 e. The van der Waals surface area contributed by atoms with Crippen LogP contribution in [0.3, 0.4) is 0 Å². The zero-order valence-electron chi connectivity index (χ0n) is 16.2. The average molecular weight is 412 g/mol. The van der Waals surface area contributed by atoms with Crippen LogP contribution < -0.4 is 9.47 Å². The standard InChI is InChI=1S/C21H20N2O5S/c1-4-28-16-10-9-13(11-17(16)27-3)12-18-19(24)23(2)21(29-18)22-15-8-6-5-7-14(15)20(25)26/h5-12H,4H2,1-3H3,(H,25,26)/b18-12-,22-21?. The second-order valence-electron chi connectivity index (χ2n) is 6.03. The van der Waals surface area contributed by atoms with Gasteiger partial charge in [0.05, 0.1) is 29.9 Å². The molecule has 0 spiro atoms. The van der Waals surface area contributed by atoms with Crippen LogP contribution in [0.4, 0.5) is 5.69 Å². The summed E-state index contributed by atoms with van der Waals surface area (Å²) in [5.41, 5.74) is 1.16. The molecule has 3 rings (SSSR count). The number of benzene rings is 2. The first-order chi connectivity index (χ1) is 13.9. The number of carboxylic acid groups (broad SMARTS) is 1. The van der Waals surface area contributed by atoms with Gasteiger partial charge in [-0.3, -0.25) is 9.69 Å². The lowest BCUT2D eigenvalue weighted by Gasteiger charge is -2.09. The number of carboxylic acids is 1. The number of nitrogens with zero attached hydrogens (tertiary/aromatic N) is 2. The number of carbonyl (C=O) groups excluding carboxylic acids is 1. The number of para-hydroxylation sites is 1. The third-order valence-corrected chi connectivity index (χ3v) is 5.20. The number of hydrogen-bond donors (Lipinski definition) is 1. The third kappa shape index (κ3) is 4.43. The van der Waals surface area contributed by atoms with Crippen molar-refractivity contribution in [3.8, 4) is 11.5 Å². The van der Waals surface area contributed by atoms with E-state index < -0.39 is 5.97 Å². The highest BCUT2D eigenvalue weighted by atomic mass is 32.2. The summed E-state index contributed by atoms with van der Waals surface area (Å²) in [4.78, 5) is 30.3. The smallest absolute Gasteiger partial charge is 0.337 e. The topological polar surface area (TPSA) is 88.4 Å². The molecule has 0 aromatic heterocycles. The normalized spacial score (nSPS) is 16.5. The Morgan fingerprint density at radius 1 is 1.24 bits per heavy atom. The van der Waals surface area contributed by atoms with Gasteiger partial charge in [-0.25, -0.2) is 9.79 Å². The molecule has 0 atom stereocenters. The molecule has 8 heteroatoms. The van der Waals surface area contributed by atoms with Gasteiger partial charge < -0.3 is 14.6 Å². The molecular formula is C21H20N2O5S. The minimum Gasteiger partial charge on any atom is -0.493 e. The Morgan fingerprint density at radius 3 is 2.69 bits per heavy atom. The molecule has 29 heavy (non-hydrogen) atoms. The van der Waals surface area contributed by atoms with E-state index in [2.05, 4.69) is 4.99 Å². The molecule has 1 aliphatic rings. The number of methoxy groups -OCH3 is 1. The zero-order valence-corrected chi connectivity index (χ0v) is 17.0. The summed E-state index contributed by atoms with van der Waals surface area (Å²) in [5.74, 6) is -0.0740. The fourth-order valence-corrected chi connectivity index (χ4v) is 3.69. The molecule has 2 aromatic rings. The second kappa shape index (κ2) is 8.83. The van der Waals surface area contributed by atoms with E-state index in [0.29, 0.717) is 33.9 Å². The van der Waals surface area contributed by atoms with Crippen LogP contribution in [0.1, 0.15) is 22.8 Å². The summed E-state index contributed by atoms with van der Waals surface area (Å²) in [5, 5.41) is 9.73. The number of likely N-dealkylation sites (N-methyl/N-ethyl adjacent to an activating group) is 1. The van der Waals surface area contributed by atoms with E-state index in [1.54, 1.807) is 50.6 Å². The summed E-state index contributed by atoms with van der Waals surface area (Å²) < 4.78 is 10.9. The molecule has 150 valence electrons. The summed E-state index contributed by atoms with van der Waals surface area (Å²) in [6.45, 7) is 2.41. The molecule has 1 N–H and O–H groups in total. The Labute approximate surface area is 172 Å². The van der Waals surface area contributed by atoms with E-state index in [9.17, 15) is 14.7 Å². The quantitative estimate of drug-likeness (QED) is 0.721. The molecule has 1 heterocycles. The number of carbonyl (C=O) groups is 2. The van der Waals surface area contributed by atoms with Crippen molar-refractivity contribution < 1.29 is 24.2 Å². The third-order valence-electron chi connectivity index (χ3n) is 4.14. The van der Waals surface area contributed by atoms with E-state index in [1.165, 1.54) is 22.7 Å². The van der Waals surface area contributed by atoms with E-state index in [4.69, 9.17) is 9.47 Å². The van der Waals surface area contributed by atoms with Crippen molar-refractivity contribution in [2.75, 3.05) is 20.8 Å². The number of amides is 1. The Bertz CT molecular complexity index is 1020. The van der Waals surface area contributed by atoms with Crippen molar-refractivity contribution in [3.05, 3.63) is 58.5 Å². The lowest BCUT2D eigenvalue weighted by Crippen LogP contribution is -2.23. The van der Waals surface area contributed by atoms with Gasteiger partial charge in [-0.2, -0.15) is 0 Å². The summed E-state index contributed by atoms with van der Waals surface area (Å²) in [6.07, 6.45) is 1.74. The van der Waals surface area contributed by atoms with Gasteiger partial charge in [0.15, 0.2) is 16.7 Å². The van der Waals surface area contributed by atoms with E-state index >= 15 is 0 Å². The van der Waals surface area contributed by atoms with E-state index in [0.717, 1.165) is 5.56 Å². The van der Waals surface area contributed by atoms with Crippen LogP contribution in [-0.4, -0.2) is 47.8 Å². The number of amidine groups is 1. The molecule has 7 nitrogen and oxygen atoms in total. The first-order valence-corrected chi connectivity index (χ1v) is 9.65. The monoisotopic (exact) mass is 412 g/mol. The molecule has 0 bridgehead atoms. The maximum atomic E-state index is 12.6. The van der Waals surface area contributed by atoms with Crippen LogP contribution in [0.25, 0.3) is 6.08 Å². The molecule has 0 aliphatic carbocycles. The second-order valence-corrected chi connectivity index (χ2v) is 7.04. The Balaban J connectivity index is 1.92. The Hall–Kier alpha value is -3.26. The van der Waals surface area contributed by atoms with Crippen LogP contribution in [0.15, 0.2) is 52.4 Å². The largest absolute Gasteiger partial charge is 0.493 e. The molecule has 1 saturated heterocycles. The lowest BCUT2D eigenvalue weighted by molar-refractivity contribution is -0.121. The van der Waals surface area contributed by atoms with Crippen molar-refractivity contribution in [1.29, 1.82) is 0 Å². The summed E-state index contributed by atoms with van der Waals surface area (Å²) >= 11 is 1.19. The average Bonchev–Trinajstić information content (AvgIpc) is 2.97. The SMILES string of the molecule is CCOc1ccc(/C=C2\SC(=Nc3ccccc3C(=O)O)N(C)C2=O)cc1OC. The number of ether oxygens (including phenoxy) is 2. The van der Waals surface area contributed by atoms with Crippen LogP contribution in [-0.2, 0) is 4.79 Å². The van der Waals surface area contributed by atoms with Crippen molar-refractivity contribution in [3.63, 3.8) is 0 Å². The Kier molecular flexibility index (Phi) is 6.23. The number of aliphatic imine (C=N–C) groups is 1. The molecule has 1 aliphatic heterocycles. The number of aromatic carboxylic acids is 1. The lowest BCUT2D eigenvalue weighted by atomic mass is 10.2. The highest BCUT2D eigenvalue weighted by Gasteiger charge is 2.30. The van der Waals surface area contributed by atoms with Gasteiger partial charge in [0.2, 0.25) is 0 Å². The van der Waals surface area contributed by atoms with Gasteiger partial charge >= 0.3 is 5.97 Å². The minimum atomic E-state index is -1.07. The van der Waals surface area contributed by atoms with Gasteiger partial charge in [-0.15, -0.1) is 0 Å². The molecule has 2 aromatic carbocycles. The van der Waals surface area contributed by atoms with Crippen LogP contribution in [0, 0.1) is 0 Å². The van der Waals surface area contributed by atoms with Crippen molar-refractivity contribution in [2.45, 2.75) is 6.92 Å². The highest BCUT2D eigenvalue weighted by Crippen LogP contribution is 2.35. The fourth-order valence-electron chi connectivity index (χ4n) is 2.71. The summed E-state index contributed by atoms with van der Waals surface area (Å²) in [6, 6.07) is 11.8. The van der Waals surface area contributed by atoms with Gasteiger partial charge in [0.1, 0.15) is 0 Å². The molecular weight excluding hydrogens is 392 g/mol. The van der Waals surface area contributed by atoms with Crippen LogP contribution in [0.2, 0.25) is 0 Å². The molecule has 1 amide bonds.